The van der Waals surface area contributed by atoms with Crippen LogP contribution in [0.3, 0.4) is 0 Å². The van der Waals surface area contributed by atoms with Crippen molar-refractivity contribution in [3.05, 3.63) is 39.9 Å². The molecule has 1 aromatic carbocycles. The van der Waals surface area contributed by atoms with Gasteiger partial charge >= 0.3 is 0 Å². The Bertz CT molecular complexity index is 495. The summed E-state index contributed by atoms with van der Waals surface area (Å²) in [6, 6.07) is 7.42. The third-order valence-electron chi connectivity index (χ3n) is 5.02. The summed E-state index contributed by atoms with van der Waals surface area (Å²) in [4.78, 5) is 10.5. The highest BCUT2D eigenvalue weighted by molar-refractivity contribution is 5.36. The molecule has 0 saturated heterocycles. The fraction of sp³-hybridized carbons (Fsp3) is 0.600. The van der Waals surface area contributed by atoms with Crippen LogP contribution < -0.4 is 5.32 Å². The number of rotatable bonds is 4. The van der Waals surface area contributed by atoms with Crippen molar-refractivity contribution in [2.75, 3.05) is 0 Å². The molecule has 2 rings (SSSR count). The van der Waals surface area contributed by atoms with Gasteiger partial charge in [-0.15, -0.1) is 0 Å². The molecule has 1 aliphatic rings. The number of nitrogens with zero attached hydrogens (tertiary/aromatic N) is 1. The number of nitro benzene ring substituents is 1. The Morgan fingerprint density at radius 2 is 1.84 bits per heavy atom. The van der Waals surface area contributed by atoms with Gasteiger partial charge in [-0.05, 0) is 23.3 Å². The van der Waals surface area contributed by atoms with E-state index < -0.39 is 0 Å². The number of hydrogen-bond acceptors (Lipinski definition) is 3. The molecule has 0 radical (unpaired) electrons. The minimum absolute atomic E-state index is 0.117. The molecule has 4 heteroatoms. The molecule has 1 unspecified atom stereocenters. The number of benzene rings is 1. The number of hydrogen-bond donors (Lipinski definition) is 1. The Morgan fingerprint density at radius 3 is 2.32 bits per heavy atom. The maximum Gasteiger partial charge on any atom is 0.269 e. The van der Waals surface area contributed by atoms with Crippen molar-refractivity contribution in [2.24, 2.45) is 10.8 Å². The normalized spacial score (nSPS) is 21.9. The third kappa shape index (κ3) is 2.25. The monoisotopic (exact) mass is 262 g/mol. The summed E-state index contributed by atoms with van der Waals surface area (Å²) in [7, 11) is 0. The van der Waals surface area contributed by atoms with Crippen molar-refractivity contribution in [1.29, 1.82) is 0 Å². The smallest absolute Gasteiger partial charge is 0.269 e. The van der Waals surface area contributed by atoms with Crippen molar-refractivity contribution in [1.82, 2.24) is 5.32 Å². The van der Waals surface area contributed by atoms with Gasteiger partial charge in [0, 0.05) is 24.2 Å². The van der Waals surface area contributed by atoms with E-state index in [9.17, 15) is 10.1 Å². The highest BCUT2D eigenvalue weighted by Crippen LogP contribution is 2.63. The SMILES string of the molecule is CC(NC1C(C)(C)C1(C)C)c1cccc([N+](=O)[O-])c1. The van der Waals surface area contributed by atoms with Crippen LogP contribution in [0.5, 0.6) is 0 Å². The molecule has 0 bridgehead atoms. The molecule has 0 amide bonds. The molecule has 0 aromatic heterocycles. The average molecular weight is 262 g/mol. The molecule has 0 spiro atoms. The lowest BCUT2D eigenvalue weighted by molar-refractivity contribution is -0.384. The molecule has 4 nitrogen and oxygen atoms in total. The predicted molar refractivity (Wildman–Crippen MR) is 76.0 cm³/mol. The molecule has 19 heavy (non-hydrogen) atoms. The maximum atomic E-state index is 10.8. The first kappa shape index (κ1) is 14.0. The van der Waals surface area contributed by atoms with E-state index in [-0.39, 0.29) is 27.5 Å². The predicted octanol–water partition coefficient (Wildman–Crippen LogP) is 3.68. The molecule has 1 fully saturated rings. The maximum absolute atomic E-state index is 10.8. The minimum atomic E-state index is -0.346. The van der Waals surface area contributed by atoms with Gasteiger partial charge in [-0.3, -0.25) is 10.1 Å². The Morgan fingerprint density at radius 1 is 1.26 bits per heavy atom. The topological polar surface area (TPSA) is 55.2 Å². The van der Waals surface area contributed by atoms with Gasteiger partial charge in [0.25, 0.3) is 5.69 Å². The molecular formula is C15H22N2O2. The van der Waals surface area contributed by atoms with Crippen molar-refractivity contribution in [2.45, 2.75) is 46.7 Å². The van der Waals surface area contributed by atoms with Crippen LogP contribution in [0.4, 0.5) is 5.69 Å². The number of nitrogens with one attached hydrogen (secondary N) is 1. The summed E-state index contributed by atoms with van der Waals surface area (Å²) < 4.78 is 0. The fourth-order valence-corrected chi connectivity index (χ4v) is 2.87. The van der Waals surface area contributed by atoms with Gasteiger partial charge in [0.05, 0.1) is 4.92 Å². The zero-order chi connectivity index (χ0) is 14.4. The van der Waals surface area contributed by atoms with E-state index in [1.54, 1.807) is 12.1 Å². The van der Waals surface area contributed by atoms with Crippen LogP contribution in [0.25, 0.3) is 0 Å². The van der Waals surface area contributed by atoms with Crippen LogP contribution in [0.15, 0.2) is 24.3 Å². The van der Waals surface area contributed by atoms with Crippen LogP contribution in [0, 0.1) is 20.9 Å². The van der Waals surface area contributed by atoms with Crippen molar-refractivity contribution in [3.8, 4) is 0 Å². The molecule has 1 saturated carbocycles. The lowest BCUT2D eigenvalue weighted by atomic mass is 10.0. The standard InChI is InChI=1S/C15H22N2O2/c1-10(16-13-14(2,3)15(13,4)5)11-7-6-8-12(9-11)17(18)19/h6-10,13,16H,1-5H3. The quantitative estimate of drug-likeness (QED) is 0.665. The van der Waals surface area contributed by atoms with Gasteiger partial charge in [0.2, 0.25) is 0 Å². The molecule has 0 heterocycles. The second kappa shape index (κ2) is 4.30. The molecule has 1 aromatic rings. The van der Waals surface area contributed by atoms with Crippen LogP contribution in [0.2, 0.25) is 0 Å². The Labute approximate surface area is 114 Å². The summed E-state index contributed by atoms with van der Waals surface area (Å²) >= 11 is 0. The Hall–Kier alpha value is -1.42. The summed E-state index contributed by atoms with van der Waals surface area (Å²) in [5, 5.41) is 14.4. The van der Waals surface area contributed by atoms with Crippen LogP contribution >= 0.6 is 0 Å². The first-order valence-corrected chi connectivity index (χ1v) is 6.68. The summed E-state index contributed by atoms with van der Waals surface area (Å²) in [5.74, 6) is 0. The van der Waals surface area contributed by atoms with Gasteiger partial charge in [-0.2, -0.15) is 0 Å². The lowest BCUT2D eigenvalue weighted by Crippen LogP contribution is -2.25. The lowest BCUT2D eigenvalue weighted by Gasteiger charge is -2.15. The summed E-state index contributed by atoms with van der Waals surface area (Å²) in [5.41, 5.74) is 1.65. The zero-order valence-corrected chi connectivity index (χ0v) is 12.2. The van der Waals surface area contributed by atoms with Gasteiger partial charge in [-0.1, -0.05) is 39.8 Å². The van der Waals surface area contributed by atoms with Gasteiger partial charge < -0.3 is 5.32 Å². The second-order valence-corrected chi connectivity index (χ2v) is 6.62. The van der Waals surface area contributed by atoms with Gasteiger partial charge in [-0.25, -0.2) is 0 Å². The zero-order valence-electron chi connectivity index (χ0n) is 12.2. The van der Waals surface area contributed by atoms with E-state index in [1.807, 2.05) is 6.07 Å². The molecule has 1 aliphatic carbocycles. The van der Waals surface area contributed by atoms with Crippen molar-refractivity contribution in [3.63, 3.8) is 0 Å². The van der Waals surface area contributed by atoms with Crippen LogP contribution in [-0.2, 0) is 0 Å². The largest absolute Gasteiger partial charge is 0.306 e. The minimum Gasteiger partial charge on any atom is -0.306 e. The summed E-state index contributed by atoms with van der Waals surface area (Å²) in [6.45, 7) is 11.1. The van der Waals surface area contributed by atoms with Crippen LogP contribution in [0.1, 0.15) is 46.2 Å². The fourth-order valence-electron chi connectivity index (χ4n) is 2.87. The Kier molecular flexibility index (Phi) is 3.17. The second-order valence-electron chi connectivity index (χ2n) is 6.62. The first-order chi connectivity index (χ1) is 8.68. The number of non-ortho nitro benzene ring substituents is 1. The molecule has 1 N–H and O–H groups in total. The van der Waals surface area contributed by atoms with E-state index in [0.717, 1.165) is 5.56 Å². The van der Waals surface area contributed by atoms with E-state index in [0.29, 0.717) is 6.04 Å². The average Bonchev–Trinajstić information content (AvgIpc) is 2.71. The highest BCUT2D eigenvalue weighted by Gasteiger charge is 2.64. The Balaban J connectivity index is 2.12. The van der Waals surface area contributed by atoms with Crippen LogP contribution in [-0.4, -0.2) is 11.0 Å². The van der Waals surface area contributed by atoms with Crippen molar-refractivity contribution >= 4 is 5.69 Å². The van der Waals surface area contributed by atoms with E-state index in [1.165, 1.54) is 6.07 Å². The van der Waals surface area contributed by atoms with E-state index >= 15 is 0 Å². The van der Waals surface area contributed by atoms with E-state index in [4.69, 9.17) is 0 Å². The molecule has 0 aliphatic heterocycles. The van der Waals surface area contributed by atoms with Gasteiger partial charge in [0.15, 0.2) is 0 Å². The molecule has 1 atom stereocenters. The number of nitro groups is 1. The highest BCUT2D eigenvalue weighted by atomic mass is 16.6. The molecule has 104 valence electrons. The van der Waals surface area contributed by atoms with E-state index in [2.05, 4.69) is 39.9 Å². The molecular weight excluding hydrogens is 240 g/mol. The first-order valence-electron chi connectivity index (χ1n) is 6.68. The third-order valence-corrected chi connectivity index (χ3v) is 5.02. The van der Waals surface area contributed by atoms with Crippen molar-refractivity contribution < 1.29 is 4.92 Å². The van der Waals surface area contributed by atoms with Gasteiger partial charge in [0.1, 0.15) is 0 Å². The summed E-state index contributed by atoms with van der Waals surface area (Å²) in [6.07, 6.45) is 0.